The van der Waals surface area contributed by atoms with Crippen molar-refractivity contribution in [2.24, 2.45) is 0 Å². The summed E-state index contributed by atoms with van der Waals surface area (Å²) in [7, 11) is 0. The third-order valence-corrected chi connectivity index (χ3v) is 5.33. The third-order valence-electron chi connectivity index (χ3n) is 5.33. The van der Waals surface area contributed by atoms with Crippen molar-refractivity contribution in [3.8, 4) is 0 Å². The van der Waals surface area contributed by atoms with E-state index in [4.69, 9.17) is 0 Å². The van der Waals surface area contributed by atoms with Crippen LogP contribution in [-0.2, 0) is 4.79 Å². The Morgan fingerprint density at radius 1 is 1.07 bits per heavy atom. The van der Waals surface area contributed by atoms with Gasteiger partial charge in [0.1, 0.15) is 17.7 Å². The number of amides is 2. The molecular weight excluding hydrogens is 359 g/mol. The number of pyridine rings is 1. The Balaban J connectivity index is 1.43. The number of carbonyl (C=O) groups excluding carboxylic acids is 2. The number of rotatable bonds is 4. The van der Waals surface area contributed by atoms with Gasteiger partial charge in [0.05, 0.1) is 11.3 Å². The number of nitrogens with zero attached hydrogens (tertiary/aromatic N) is 3. The lowest BCUT2D eigenvalue weighted by Gasteiger charge is -2.32. The van der Waals surface area contributed by atoms with Crippen LogP contribution in [0.3, 0.4) is 0 Å². The average molecular weight is 382 g/mol. The molecule has 4 rings (SSSR count). The molecule has 1 N–H and O–H groups in total. The van der Waals surface area contributed by atoms with Crippen molar-refractivity contribution in [3.05, 3.63) is 54.0 Å². The first kappa shape index (κ1) is 18.4. The molecule has 3 heterocycles. The highest BCUT2D eigenvalue weighted by Crippen LogP contribution is 2.24. The summed E-state index contributed by atoms with van der Waals surface area (Å²) in [6, 6.07) is 9.11. The van der Waals surface area contributed by atoms with Crippen molar-refractivity contribution >= 4 is 23.3 Å². The van der Waals surface area contributed by atoms with Gasteiger partial charge in [-0.2, -0.15) is 0 Å². The molecule has 0 saturated carbocycles. The minimum atomic E-state index is -0.667. The van der Waals surface area contributed by atoms with E-state index in [1.165, 1.54) is 11.0 Å². The molecule has 6 nitrogen and oxygen atoms in total. The molecule has 0 spiro atoms. The molecule has 2 aliphatic heterocycles. The zero-order valence-corrected chi connectivity index (χ0v) is 15.6. The van der Waals surface area contributed by atoms with Gasteiger partial charge in [0.25, 0.3) is 5.91 Å². The van der Waals surface area contributed by atoms with Crippen molar-refractivity contribution in [2.45, 2.75) is 31.7 Å². The fourth-order valence-electron chi connectivity index (χ4n) is 3.81. The second kappa shape index (κ2) is 7.96. The van der Waals surface area contributed by atoms with Crippen LogP contribution >= 0.6 is 0 Å². The number of hydrogen-bond donors (Lipinski definition) is 1. The number of anilines is 2. The van der Waals surface area contributed by atoms with Crippen molar-refractivity contribution in [1.82, 2.24) is 10.3 Å². The molecule has 1 atom stereocenters. The van der Waals surface area contributed by atoms with Crippen molar-refractivity contribution in [3.63, 3.8) is 0 Å². The molecule has 0 bridgehead atoms. The van der Waals surface area contributed by atoms with Crippen LogP contribution in [0.15, 0.2) is 42.6 Å². The highest BCUT2D eigenvalue weighted by molar-refractivity contribution is 6.02. The lowest BCUT2D eigenvalue weighted by Crippen LogP contribution is -2.52. The quantitative estimate of drug-likeness (QED) is 0.883. The summed E-state index contributed by atoms with van der Waals surface area (Å²) in [5.74, 6) is -0.196. The standard InChI is InChI=1S/C21H23FN4O2/c22-16-6-1-2-8-18(16)26-13-5-7-17(21(26)28)24-20(27)15-9-10-19(23-14-15)25-11-3-4-12-25/h1-2,6,8-10,14,17H,3-5,7,11-13H2,(H,24,27). The first-order chi connectivity index (χ1) is 13.6. The van der Waals surface area contributed by atoms with E-state index in [-0.39, 0.29) is 17.5 Å². The number of nitrogens with one attached hydrogen (secondary N) is 1. The van der Waals surface area contributed by atoms with Gasteiger partial charge in [-0.15, -0.1) is 0 Å². The fraction of sp³-hybridized carbons (Fsp3) is 0.381. The van der Waals surface area contributed by atoms with Crippen molar-refractivity contribution in [2.75, 3.05) is 29.4 Å². The summed E-state index contributed by atoms with van der Waals surface area (Å²) < 4.78 is 14.1. The Hall–Kier alpha value is -2.96. The molecule has 146 valence electrons. The monoisotopic (exact) mass is 382 g/mol. The van der Waals surface area contributed by atoms with Gasteiger partial charge in [-0.05, 0) is 49.9 Å². The summed E-state index contributed by atoms with van der Waals surface area (Å²) in [6.07, 6.45) is 5.09. The summed E-state index contributed by atoms with van der Waals surface area (Å²) >= 11 is 0. The molecule has 2 aromatic rings. The second-order valence-electron chi connectivity index (χ2n) is 7.21. The van der Waals surface area contributed by atoms with Gasteiger partial charge < -0.3 is 15.1 Å². The van der Waals surface area contributed by atoms with Gasteiger partial charge in [-0.1, -0.05) is 12.1 Å². The third kappa shape index (κ3) is 3.69. The first-order valence-corrected chi connectivity index (χ1v) is 9.71. The smallest absolute Gasteiger partial charge is 0.253 e. The maximum atomic E-state index is 14.1. The van der Waals surface area contributed by atoms with E-state index in [9.17, 15) is 14.0 Å². The van der Waals surface area contributed by atoms with Gasteiger partial charge in [0, 0.05) is 25.8 Å². The lowest BCUT2D eigenvalue weighted by molar-refractivity contribution is -0.121. The van der Waals surface area contributed by atoms with Gasteiger partial charge in [-0.25, -0.2) is 9.37 Å². The fourth-order valence-corrected chi connectivity index (χ4v) is 3.81. The topological polar surface area (TPSA) is 65.5 Å². The Morgan fingerprint density at radius 2 is 1.86 bits per heavy atom. The van der Waals surface area contributed by atoms with E-state index < -0.39 is 11.9 Å². The molecule has 2 fully saturated rings. The molecule has 0 radical (unpaired) electrons. The Kier molecular flexibility index (Phi) is 5.23. The normalized spacial score (nSPS) is 19.8. The molecule has 1 aromatic carbocycles. The van der Waals surface area contributed by atoms with E-state index in [0.29, 0.717) is 24.9 Å². The van der Waals surface area contributed by atoms with Crippen LogP contribution in [0, 0.1) is 5.82 Å². The zero-order chi connectivity index (χ0) is 19.5. The summed E-state index contributed by atoms with van der Waals surface area (Å²) in [5.41, 5.74) is 0.668. The van der Waals surface area contributed by atoms with Crippen LogP contribution in [0.1, 0.15) is 36.0 Å². The first-order valence-electron chi connectivity index (χ1n) is 9.71. The molecule has 2 aliphatic rings. The number of benzene rings is 1. The van der Waals surface area contributed by atoms with Crippen LogP contribution in [0.4, 0.5) is 15.9 Å². The largest absolute Gasteiger partial charge is 0.357 e. The number of halogens is 1. The zero-order valence-electron chi connectivity index (χ0n) is 15.6. The lowest BCUT2D eigenvalue weighted by atomic mass is 10.0. The number of aromatic nitrogens is 1. The highest BCUT2D eigenvalue weighted by Gasteiger charge is 2.32. The van der Waals surface area contributed by atoms with E-state index in [1.807, 2.05) is 6.07 Å². The predicted octanol–water partition coefficient (Wildman–Crippen LogP) is 2.75. The Labute approximate surface area is 163 Å². The second-order valence-corrected chi connectivity index (χ2v) is 7.21. The maximum absolute atomic E-state index is 14.1. The molecule has 7 heteroatoms. The van der Waals surface area contributed by atoms with Crippen LogP contribution in [-0.4, -0.2) is 42.5 Å². The Bertz CT molecular complexity index is 865. The predicted molar refractivity (Wildman–Crippen MR) is 105 cm³/mol. The minimum absolute atomic E-state index is 0.253. The van der Waals surface area contributed by atoms with Gasteiger partial charge in [0.15, 0.2) is 0 Å². The van der Waals surface area contributed by atoms with Crippen LogP contribution < -0.4 is 15.1 Å². The van der Waals surface area contributed by atoms with Crippen LogP contribution in [0.5, 0.6) is 0 Å². The molecule has 28 heavy (non-hydrogen) atoms. The number of hydrogen-bond acceptors (Lipinski definition) is 4. The summed E-state index contributed by atoms with van der Waals surface area (Å²) in [5, 5.41) is 2.79. The van der Waals surface area contributed by atoms with Crippen LogP contribution in [0.2, 0.25) is 0 Å². The van der Waals surface area contributed by atoms with E-state index >= 15 is 0 Å². The average Bonchev–Trinajstić information content (AvgIpc) is 3.25. The van der Waals surface area contributed by atoms with E-state index in [1.54, 1.807) is 30.5 Å². The highest BCUT2D eigenvalue weighted by atomic mass is 19.1. The van der Waals surface area contributed by atoms with E-state index in [0.717, 1.165) is 31.7 Å². The number of piperidine rings is 1. The number of carbonyl (C=O) groups is 2. The van der Waals surface area contributed by atoms with Gasteiger partial charge in [0.2, 0.25) is 5.91 Å². The van der Waals surface area contributed by atoms with Gasteiger partial charge >= 0.3 is 0 Å². The molecule has 2 amide bonds. The maximum Gasteiger partial charge on any atom is 0.253 e. The Morgan fingerprint density at radius 3 is 2.57 bits per heavy atom. The van der Waals surface area contributed by atoms with Gasteiger partial charge in [-0.3, -0.25) is 9.59 Å². The summed E-state index contributed by atoms with van der Waals surface area (Å²) in [4.78, 5) is 33.4. The molecular formula is C21H23FN4O2. The van der Waals surface area contributed by atoms with E-state index in [2.05, 4.69) is 15.2 Å². The number of para-hydroxylation sites is 1. The van der Waals surface area contributed by atoms with Crippen LogP contribution in [0.25, 0.3) is 0 Å². The summed E-state index contributed by atoms with van der Waals surface area (Å²) in [6.45, 7) is 2.42. The molecule has 1 aromatic heterocycles. The molecule has 0 aliphatic carbocycles. The molecule has 2 saturated heterocycles. The minimum Gasteiger partial charge on any atom is -0.357 e. The van der Waals surface area contributed by atoms with Crippen molar-refractivity contribution < 1.29 is 14.0 Å². The SMILES string of the molecule is O=C(NC1CCCN(c2ccccc2F)C1=O)c1ccc(N2CCCC2)nc1. The van der Waals surface area contributed by atoms with Crippen molar-refractivity contribution in [1.29, 1.82) is 0 Å². The molecule has 1 unspecified atom stereocenters.